The lowest BCUT2D eigenvalue weighted by Gasteiger charge is -2.34. The molecule has 1 fully saturated rings. The molecule has 1 saturated heterocycles. The van der Waals surface area contributed by atoms with Crippen LogP contribution in [0.5, 0.6) is 0 Å². The molecule has 1 heterocycles. The summed E-state index contributed by atoms with van der Waals surface area (Å²) >= 11 is 0. The summed E-state index contributed by atoms with van der Waals surface area (Å²) in [7, 11) is 0. The van der Waals surface area contributed by atoms with Crippen LogP contribution in [0.4, 0.5) is 0 Å². The van der Waals surface area contributed by atoms with Crippen molar-refractivity contribution in [2.24, 2.45) is 5.92 Å². The average Bonchev–Trinajstić information content (AvgIpc) is 2.48. The number of hydrogen-bond acceptors (Lipinski definition) is 3. The van der Waals surface area contributed by atoms with Crippen molar-refractivity contribution in [3.05, 3.63) is 54.1 Å². The Hall–Kier alpha value is -1.87. The van der Waals surface area contributed by atoms with Crippen molar-refractivity contribution in [1.82, 2.24) is 5.32 Å². The van der Waals surface area contributed by atoms with Gasteiger partial charge in [0.25, 0.3) is 0 Å². The van der Waals surface area contributed by atoms with Crippen molar-refractivity contribution in [1.29, 1.82) is 0 Å². The second kappa shape index (κ2) is 7.79. The standard InChI is InChI=1S/C18H23NO2/c1-14-17(19-13-12-18(14)21-15(2)20)11-7-6-10-16-8-4-3-5-9-16/h3-11,14,17-19H,12-13H2,1-2H3/b10-6+,11-7+/t14-,17-,18+/m1/s1. The number of ether oxygens (including phenoxy) is 1. The van der Waals surface area contributed by atoms with Crippen LogP contribution in [0.15, 0.2) is 48.6 Å². The molecular weight excluding hydrogens is 262 g/mol. The molecule has 1 N–H and O–H groups in total. The van der Waals surface area contributed by atoms with Crippen LogP contribution in [0.25, 0.3) is 6.08 Å². The number of carbonyl (C=O) groups is 1. The van der Waals surface area contributed by atoms with Gasteiger partial charge in [-0.3, -0.25) is 4.79 Å². The van der Waals surface area contributed by atoms with Crippen molar-refractivity contribution < 1.29 is 9.53 Å². The fourth-order valence-corrected chi connectivity index (χ4v) is 2.61. The Kier molecular flexibility index (Phi) is 5.76. The van der Waals surface area contributed by atoms with Gasteiger partial charge >= 0.3 is 5.97 Å². The Morgan fingerprint density at radius 3 is 2.76 bits per heavy atom. The molecule has 0 aliphatic carbocycles. The molecule has 0 bridgehead atoms. The predicted octanol–water partition coefficient (Wildman–Crippen LogP) is 3.19. The Morgan fingerprint density at radius 1 is 1.29 bits per heavy atom. The molecule has 3 nitrogen and oxygen atoms in total. The Balaban J connectivity index is 1.90. The van der Waals surface area contributed by atoms with Gasteiger partial charge in [-0.15, -0.1) is 0 Å². The number of hydrogen-bond donors (Lipinski definition) is 1. The molecule has 112 valence electrons. The van der Waals surface area contributed by atoms with Crippen LogP contribution in [-0.4, -0.2) is 24.7 Å². The molecule has 0 amide bonds. The third kappa shape index (κ3) is 4.87. The molecule has 21 heavy (non-hydrogen) atoms. The maximum Gasteiger partial charge on any atom is 0.302 e. The van der Waals surface area contributed by atoms with E-state index in [1.54, 1.807) is 0 Å². The first-order valence-electron chi connectivity index (χ1n) is 7.47. The summed E-state index contributed by atoms with van der Waals surface area (Å²) < 4.78 is 5.38. The van der Waals surface area contributed by atoms with Crippen LogP contribution in [0, 0.1) is 5.92 Å². The second-order valence-electron chi connectivity index (χ2n) is 5.43. The fraction of sp³-hybridized carbons (Fsp3) is 0.389. The molecule has 1 aromatic carbocycles. The zero-order chi connectivity index (χ0) is 15.1. The minimum atomic E-state index is -0.194. The zero-order valence-electron chi connectivity index (χ0n) is 12.7. The number of esters is 1. The van der Waals surface area contributed by atoms with Crippen molar-refractivity contribution in [2.45, 2.75) is 32.4 Å². The highest BCUT2D eigenvalue weighted by atomic mass is 16.5. The quantitative estimate of drug-likeness (QED) is 0.682. The molecule has 0 saturated carbocycles. The molecule has 1 aliphatic rings. The Morgan fingerprint density at radius 2 is 2.05 bits per heavy atom. The number of allylic oxidation sites excluding steroid dienone is 2. The van der Waals surface area contributed by atoms with Crippen LogP contribution < -0.4 is 5.32 Å². The van der Waals surface area contributed by atoms with Gasteiger partial charge in [-0.1, -0.05) is 61.6 Å². The van der Waals surface area contributed by atoms with Gasteiger partial charge in [-0.25, -0.2) is 0 Å². The van der Waals surface area contributed by atoms with E-state index in [0.29, 0.717) is 0 Å². The Labute approximate surface area is 126 Å². The third-order valence-corrected chi connectivity index (χ3v) is 3.80. The lowest BCUT2D eigenvalue weighted by Crippen LogP contribution is -2.47. The lowest BCUT2D eigenvalue weighted by molar-refractivity contribution is -0.150. The molecule has 3 heteroatoms. The van der Waals surface area contributed by atoms with Crippen molar-refractivity contribution in [3.8, 4) is 0 Å². The highest BCUT2D eigenvalue weighted by Crippen LogP contribution is 2.21. The number of carbonyl (C=O) groups excluding carboxylic acids is 1. The van der Waals surface area contributed by atoms with E-state index in [2.05, 4.69) is 42.6 Å². The summed E-state index contributed by atoms with van der Waals surface area (Å²) in [4.78, 5) is 11.1. The van der Waals surface area contributed by atoms with E-state index < -0.39 is 0 Å². The number of benzene rings is 1. The van der Waals surface area contributed by atoms with Crippen molar-refractivity contribution in [3.63, 3.8) is 0 Å². The topological polar surface area (TPSA) is 38.3 Å². The summed E-state index contributed by atoms with van der Waals surface area (Å²) in [6.07, 6.45) is 9.20. The van der Waals surface area contributed by atoms with Gasteiger partial charge in [0, 0.05) is 18.9 Å². The summed E-state index contributed by atoms with van der Waals surface area (Å²) in [6, 6.07) is 10.4. The molecule has 0 unspecified atom stereocenters. The van der Waals surface area contributed by atoms with Gasteiger partial charge in [0.05, 0.1) is 0 Å². The number of piperidine rings is 1. The van der Waals surface area contributed by atoms with Gasteiger partial charge in [0.2, 0.25) is 0 Å². The minimum absolute atomic E-state index is 0.0107. The highest BCUT2D eigenvalue weighted by Gasteiger charge is 2.29. The van der Waals surface area contributed by atoms with Crippen LogP contribution in [-0.2, 0) is 9.53 Å². The van der Waals surface area contributed by atoms with E-state index in [1.807, 2.05) is 24.3 Å². The molecule has 0 aromatic heterocycles. The minimum Gasteiger partial charge on any atom is -0.462 e. The number of nitrogens with one attached hydrogen (secondary N) is 1. The van der Waals surface area contributed by atoms with Gasteiger partial charge in [-0.2, -0.15) is 0 Å². The first-order chi connectivity index (χ1) is 10.2. The normalized spacial score (nSPS) is 26.3. The molecule has 0 radical (unpaired) electrons. The first kappa shape index (κ1) is 15.5. The van der Waals surface area contributed by atoms with Gasteiger partial charge < -0.3 is 10.1 Å². The van der Waals surface area contributed by atoms with Crippen molar-refractivity contribution >= 4 is 12.0 Å². The van der Waals surface area contributed by atoms with E-state index >= 15 is 0 Å². The average molecular weight is 285 g/mol. The maximum absolute atomic E-state index is 11.1. The predicted molar refractivity (Wildman–Crippen MR) is 85.7 cm³/mol. The van der Waals surface area contributed by atoms with E-state index in [-0.39, 0.29) is 24.0 Å². The monoisotopic (exact) mass is 285 g/mol. The van der Waals surface area contributed by atoms with Crippen LogP contribution in [0.3, 0.4) is 0 Å². The largest absolute Gasteiger partial charge is 0.462 e. The summed E-state index contributed by atoms with van der Waals surface area (Å²) in [5.74, 6) is 0.0875. The smallest absolute Gasteiger partial charge is 0.302 e. The van der Waals surface area contributed by atoms with Gasteiger partial charge in [0.15, 0.2) is 0 Å². The summed E-state index contributed by atoms with van der Waals surface area (Å²) in [6.45, 7) is 4.47. The zero-order valence-corrected chi connectivity index (χ0v) is 12.7. The van der Waals surface area contributed by atoms with Gasteiger partial charge in [0.1, 0.15) is 6.10 Å². The van der Waals surface area contributed by atoms with Crippen LogP contribution in [0.1, 0.15) is 25.8 Å². The lowest BCUT2D eigenvalue weighted by atomic mass is 9.89. The molecule has 1 aromatic rings. The third-order valence-electron chi connectivity index (χ3n) is 3.80. The van der Waals surface area contributed by atoms with Crippen LogP contribution >= 0.6 is 0 Å². The highest BCUT2D eigenvalue weighted by molar-refractivity contribution is 5.66. The molecule has 2 rings (SSSR count). The first-order valence-corrected chi connectivity index (χ1v) is 7.47. The summed E-state index contributed by atoms with van der Waals surface area (Å²) in [5.41, 5.74) is 1.18. The van der Waals surface area contributed by atoms with E-state index in [4.69, 9.17) is 4.74 Å². The molecule has 3 atom stereocenters. The molecular formula is C18H23NO2. The van der Waals surface area contributed by atoms with E-state index in [0.717, 1.165) is 13.0 Å². The molecule has 1 aliphatic heterocycles. The SMILES string of the molecule is CC(=O)O[C@H]1CCN[C@H](/C=C/C=C/c2ccccc2)[C@H]1C. The van der Waals surface area contributed by atoms with E-state index in [9.17, 15) is 4.79 Å². The molecule has 0 spiro atoms. The number of rotatable bonds is 4. The Bertz CT molecular complexity index is 507. The van der Waals surface area contributed by atoms with E-state index in [1.165, 1.54) is 12.5 Å². The van der Waals surface area contributed by atoms with Crippen molar-refractivity contribution in [2.75, 3.05) is 6.54 Å². The second-order valence-corrected chi connectivity index (χ2v) is 5.43. The summed E-state index contributed by atoms with van der Waals surface area (Å²) in [5, 5.41) is 3.46. The van der Waals surface area contributed by atoms with Gasteiger partial charge in [-0.05, 0) is 18.5 Å². The fourth-order valence-electron chi connectivity index (χ4n) is 2.61. The van der Waals surface area contributed by atoms with Crippen LogP contribution in [0.2, 0.25) is 0 Å². The maximum atomic E-state index is 11.1.